The number of thiophene rings is 1. The first kappa shape index (κ1) is 25.4. The first-order valence-corrected chi connectivity index (χ1v) is 13.0. The molecule has 5 nitrogen and oxygen atoms in total. The zero-order chi connectivity index (χ0) is 24.6. The highest BCUT2D eigenvalue weighted by molar-refractivity contribution is 7.12. The molecule has 1 aromatic heterocycles. The van der Waals surface area contributed by atoms with Crippen LogP contribution in [0, 0.1) is 11.7 Å². The number of likely N-dealkylation sites (N-methyl/N-ethyl adjacent to an activating group) is 1. The van der Waals surface area contributed by atoms with Crippen molar-refractivity contribution >= 4 is 17.2 Å². The average Bonchev–Trinajstić information content (AvgIpc) is 3.42. The highest BCUT2D eigenvalue weighted by Gasteiger charge is 2.32. The third-order valence-corrected chi connectivity index (χ3v) is 7.64. The van der Waals surface area contributed by atoms with Crippen LogP contribution < -0.4 is 4.74 Å². The smallest absolute Gasteiger partial charge is 0.263 e. The van der Waals surface area contributed by atoms with Gasteiger partial charge in [-0.1, -0.05) is 36.4 Å². The van der Waals surface area contributed by atoms with Crippen molar-refractivity contribution in [2.45, 2.75) is 31.8 Å². The lowest BCUT2D eigenvalue weighted by molar-refractivity contribution is 0.0588. The van der Waals surface area contributed by atoms with E-state index in [0.29, 0.717) is 22.8 Å². The molecule has 186 valence electrons. The quantitative estimate of drug-likeness (QED) is 0.436. The Labute approximate surface area is 210 Å². The van der Waals surface area contributed by atoms with E-state index in [0.717, 1.165) is 38.2 Å². The second-order valence-electron chi connectivity index (χ2n) is 9.09. The van der Waals surface area contributed by atoms with E-state index < -0.39 is 0 Å². The second-order valence-corrected chi connectivity index (χ2v) is 10.0. The molecule has 2 aromatic carbocycles. The van der Waals surface area contributed by atoms with Crippen LogP contribution in [0.2, 0.25) is 0 Å². The minimum absolute atomic E-state index is 0.00321. The Kier molecular flexibility index (Phi) is 8.90. The van der Waals surface area contributed by atoms with Gasteiger partial charge >= 0.3 is 0 Å². The van der Waals surface area contributed by atoms with Gasteiger partial charge < -0.3 is 14.7 Å². The molecular weight excluding hydrogens is 463 g/mol. The summed E-state index contributed by atoms with van der Waals surface area (Å²) in [5, 5.41) is 10.9. The number of carbonyl (C=O) groups is 1. The molecule has 1 amide bonds. The van der Waals surface area contributed by atoms with Crippen LogP contribution in [-0.2, 0) is 13.0 Å². The first-order chi connectivity index (χ1) is 17.0. The number of likely N-dealkylation sites (tertiary alicyclic amines) is 1. The molecule has 1 unspecified atom stereocenters. The summed E-state index contributed by atoms with van der Waals surface area (Å²) in [7, 11) is 1.86. The van der Waals surface area contributed by atoms with Crippen LogP contribution in [0.15, 0.2) is 66.0 Å². The van der Waals surface area contributed by atoms with Crippen LogP contribution in [0.5, 0.6) is 5.75 Å². The molecule has 35 heavy (non-hydrogen) atoms. The zero-order valence-corrected chi connectivity index (χ0v) is 20.9. The van der Waals surface area contributed by atoms with Crippen molar-refractivity contribution in [2.24, 2.45) is 5.92 Å². The lowest BCUT2D eigenvalue weighted by atomic mass is 9.84. The van der Waals surface area contributed by atoms with Crippen LogP contribution in [-0.4, -0.2) is 60.2 Å². The highest BCUT2D eigenvalue weighted by Crippen LogP contribution is 2.29. The molecular formula is C28H33FN2O3S. The van der Waals surface area contributed by atoms with E-state index in [1.807, 2.05) is 59.8 Å². The molecule has 0 spiro atoms. The summed E-state index contributed by atoms with van der Waals surface area (Å²) >= 11 is 1.44. The molecule has 0 aliphatic carbocycles. The minimum Gasteiger partial charge on any atom is -0.491 e. The Morgan fingerprint density at radius 1 is 1.17 bits per heavy atom. The van der Waals surface area contributed by atoms with Gasteiger partial charge in [0.2, 0.25) is 0 Å². The van der Waals surface area contributed by atoms with Crippen molar-refractivity contribution < 1.29 is 19.0 Å². The molecule has 4 rings (SSSR count). The number of ether oxygens (including phenoxy) is 1. The van der Waals surface area contributed by atoms with Gasteiger partial charge in [-0.3, -0.25) is 9.69 Å². The molecule has 7 heteroatoms. The molecule has 2 heterocycles. The number of rotatable bonds is 10. The van der Waals surface area contributed by atoms with Gasteiger partial charge in [0, 0.05) is 19.6 Å². The lowest BCUT2D eigenvalue weighted by Crippen LogP contribution is -2.47. The SMILES string of the molecule is CN(C(=O)c1cccs1)C(Cc1ccccc1F)C1CCN(Cc2cccc(OCCO)c2)CC1. The predicted octanol–water partition coefficient (Wildman–Crippen LogP) is 4.85. The third kappa shape index (κ3) is 6.69. The zero-order valence-electron chi connectivity index (χ0n) is 20.1. The molecule has 0 saturated carbocycles. The third-order valence-electron chi connectivity index (χ3n) is 6.78. The number of piperidine rings is 1. The van der Waals surface area contributed by atoms with E-state index in [1.54, 1.807) is 6.07 Å². The van der Waals surface area contributed by atoms with E-state index in [1.165, 1.54) is 23.0 Å². The summed E-state index contributed by atoms with van der Waals surface area (Å²) in [6, 6.07) is 18.5. The maximum Gasteiger partial charge on any atom is 0.263 e. The molecule has 1 saturated heterocycles. The Morgan fingerprint density at radius 3 is 2.69 bits per heavy atom. The fraction of sp³-hybridized carbons (Fsp3) is 0.393. The van der Waals surface area contributed by atoms with Crippen molar-refractivity contribution in [3.05, 3.63) is 87.9 Å². The van der Waals surface area contributed by atoms with Crippen LogP contribution >= 0.6 is 11.3 Å². The van der Waals surface area contributed by atoms with Crippen molar-refractivity contribution in [1.29, 1.82) is 0 Å². The van der Waals surface area contributed by atoms with Crippen molar-refractivity contribution in [3.63, 3.8) is 0 Å². The summed E-state index contributed by atoms with van der Waals surface area (Å²) in [5.41, 5.74) is 1.83. The van der Waals surface area contributed by atoms with Gasteiger partial charge in [0.15, 0.2) is 0 Å². The number of nitrogens with zero attached hydrogens (tertiary/aromatic N) is 2. The van der Waals surface area contributed by atoms with Gasteiger partial charge in [-0.2, -0.15) is 0 Å². The van der Waals surface area contributed by atoms with Gasteiger partial charge in [0.1, 0.15) is 18.2 Å². The molecule has 1 fully saturated rings. The maximum atomic E-state index is 14.5. The largest absolute Gasteiger partial charge is 0.491 e. The molecule has 3 aromatic rings. The number of amides is 1. The second kappa shape index (κ2) is 12.3. The standard InChI is InChI=1S/C28H33FN2O3S/c1-30(28(33)27-10-5-17-35-27)26(19-23-7-2-3-9-25(23)29)22-11-13-31(14-12-22)20-21-6-4-8-24(18-21)34-16-15-32/h2-10,17-18,22,26,32H,11-16,19-20H2,1H3. The maximum absolute atomic E-state index is 14.5. The number of hydrogen-bond acceptors (Lipinski definition) is 5. The highest BCUT2D eigenvalue weighted by atomic mass is 32.1. The number of carbonyl (C=O) groups excluding carboxylic acids is 1. The lowest BCUT2D eigenvalue weighted by Gasteiger charge is -2.40. The number of aliphatic hydroxyl groups excluding tert-OH is 1. The molecule has 0 radical (unpaired) electrons. The van der Waals surface area contributed by atoms with E-state index in [4.69, 9.17) is 9.84 Å². The summed E-state index contributed by atoms with van der Waals surface area (Å²) in [5.74, 6) is 0.850. The van der Waals surface area contributed by atoms with E-state index in [9.17, 15) is 9.18 Å². The minimum atomic E-state index is -0.213. The van der Waals surface area contributed by atoms with Gasteiger partial charge in [-0.15, -0.1) is 11.3 Å². The molecule has 1 N–H and O–H groups in total. The predicted molar refractivity (Wildman–Crippen MR) is 137 cm³/mol. The summed E-state index contributed by atoms with van der Waals surface area (Å²) in [4.78, 5) is 18.2. The van der Waals surface area contributed by atoms with E-state index in [-0.39, 0.29) is 31.0 Å². The topological polar surface area (TPSA) is 53.0 Å². The van der Waals surface area contributed by atoms with Gasteiger partial charge in [-0.05, 0) is 79.0 Å². The van der Waals surface area contributed by atoms with E-state index >= 15 is 0 Å². The monoisotopic (exact) mass is 496 g/mol. The first-order valence-electron chi connectivity index (χ1n) is 12.1. The number of hydrogen-bond donors (Lipinski definition) is 1. The van der Waals surface area contributed by atoms with Crippen LogP contribution in [0.1, 0.15) is 33.6 Å². The van der Waals surface area contributed by atoms with Crippen LogP contribution in [0.4, 0.5) is 4.39 Å². The average molecular weight is 497 g/mol. The number of aliphatic hydroxyl groups is 1. The van der Waals surface area contributed by atoms with Crippen molar-refractivity contribution in [2.75, 3.05) is 33.4 Å². The van der Waals surface area contributed by atoms with Crippen molar-refractivity contribution in [3.8, 4) is 5.75 Å². The van der Waals surface area contributed by atoms with Gasteiger partial charge in [0.05, 0.1) is 11.5 Å². The fourth-order valence-corrected chi connectivity index (χ4v) is 5.59. The summed E-state index contributed by atoms with van der Waals surface area (Å²) in [6.07, 6.45) is 2.40. The normalized spacial score (nSPS) is 15.6. The van der Waals surface area contributed by atoms with Gasteiger partial charge in [0.25, 0.3) is 5.91 Å². The van der Waals surface area contributed by atoms with Crippen LogP contribution in [0.25, 0.3) is 0 Å². The van der Waals surface area contributed by atoms with E-state index in [2.05, 4.69) is 11.0 Å². The molecule has 0 bridgehead atoms. The number of halogens is 1. The summed E-state index contributed by atoms with van der Waals surface area (Å²) in [6.45, 7) is 2.94. The Morgan fingerprint density at radius 2 is 1.97 bits per heavy atom. The molecule has 1 aliphatic rings. The Balaban J connectivity index is 1.43. The fourth-order valence-electron chi connectivity index (χ4n) is 4.88. The molecule has 1 aliphatic heterocycles. The Bertz CT molecular complexity index is 1080. The summed E-state index contributed by atoms with van der Waals surface area (Å²) < 4.78 is 20.1. The van der Waals surface area contributed by atoms with Gasteiger partial charge in [-0.25, -0.2) is 4.39 Å². The number of benzene rings is 2. The van der Waals surface area contributed by atoms with Crippen LogP contribution in [0.3, 0.4) is 0 Å². The molecule has 1 atom stereocenters. The Hall–Kier alpha value is -2.74. The van der Waals surface area contributed by atoms with Crippen molar-refractivity contribution in [1.82, 2.24) is 9.80 Å².